The van der Waals surface area contributed by atoms with Crippen molar-refractivity contribution in [3.8, 4) is 10.4 Å². The molecule has 0 saturated carbocycles. The second-order valence-electron chi connectivity index (χ2n) is 11.9. The van der Waals surface area contributed by atoms with Crippen molar-refractivity contribution in [3.63, 3.8) is 0 Å². The summed E-state index contributed by atoms with van der Waals surface area (Å²) in [4.78, 5) is 57.3. The lowest BCUT2D eigenvalue weighted by atomic mass is 9.85. The molecule has 1 fully saturated rings. The fourth-order valence-electron chi connectivity index (χ4n) is 4.80. The van der Waals surface area contributed by atoms with Crippen LogP contribution in [0, 0.1) is 12.3 Å². The highest BCUT2D eigenvalue weighted by molar-refractivity contribution is 7.13. The van der Waals surface area contributed by atoms with Crippen LogP contribution in [0.15, 0.2) is 29.8 Å². The number of β-amino-alcohol motifs (C(OH)–C–C–N with tert-alkyl or cyclic N) is 1. The number of nitrogens with zero attached hydrogens (tertiary/aromatic N) is 2. The van der Waals surface area contributed by atoms with E-state index in [1.165, 1.54) is 11.8 Å². The van der Waals surface area contributed by atoms with E-state index in [9.17, 15) is 24.3 Å². The molecule has 3 atom stereocenters. The first-order valence-corrected chi connectivity index (χ1v) is 15.7. The zero-order valence-corrected chi connectivity index (χ0v) is 27.0. The number of likely N-dealkylation sites (tertiary alicyclic amines) is 1. The van der Waals surface area contributed by atoms with Crippen molar-refractivity contribution in [2.75, 3.05) is 39.5 Å². The van der Waals surface area contributed by atoms with E-state index in [0.717, 1.165) is 21.7 Å². The van der Waals surface area contributed by atoms with Gasteiger partial charge in [0.1, 0.15) is 12.1 Å². The van der Waals surface area contributed by atoms with Crippen LogP contribution in [-0.4, -0.2) is 96.3 Å². The van der Waals surface area contributed by atoms with Crippen LogP contribution >= 0.6 is 11.3 Å². The van der Waals surface area contributed by atoms with Crippen molar-refractivity contribution in [2.45, 2.75) is 72.2 Å². The summed E-state index contributed by atoms with van der Waals surface area (Å²) in [5, 5.41) is 18.8. The second-order valence-corrected chi connectivity index (χ2v) is 12.8. The Kier molecular flexibility index (Phi) is 13.3. The van der Waals surface area contributed by atoms with Crippen molar-refractivity contribution in [1.29, 1.82) is 0 Å². The van der Waals surface area contributed by atoms with Gasteiger partial charge in [0.15, 0.2) is 0 Å². The molecule has 2 aromatic rings. The maximum absolute atomic E-state index is 13.7. The van der Waals surface area contributed by atoms with Gasteiger partial charge in [0.25, 0.3) is 0 Å². The predicted molar refractivity (Wildman–Crippen MR) is 167 cm³/mol. The normalized spacial score (nSPS) is 17.3. The van der Waals surface area contributed by atoms with Gasteiger partial charge in [-0.15, -0.1) is 11.3 Å². The SMILES string of the molecule is CC(=O)NCCOCCOCCC(=O)N[C@H](C(=O)N1C[C@H](O)C[C@H]1C(=O)NCc1ccc(-c2scnc2C)cc1)C(C)(C)C. The summed E-state index contributed by atoms with van der Waals surface area (Å²) < 4.78 is 10.8. The third kappa shape index (κ3) is 10.7. The highest BCUT2D eigenvalue weighted by Crippen LogP contribution is 2.28. The summed E-state index contributed by atoms with van der Waals surface area (Å²) >= 11 is 1.57. The molecule has 2 heterocycles. The molecule has 44 heavy (non-hydrogen) atoms. The minimum absolute atomic E-state index is 0.00726. The Balaban J connectivity index is 1.50. The first-order chi connectivity index (χ1) is 20.9. The topological polar surface area (TPSA) is 159 Å². The Hall–Kier alpha value is -3.39. The third-order valence-electron chi connectivity index (χ3n) is 7.18. The minimum atomic E-state index is -0.907. The number of amides is 4. The number of aliphatic hydroxyl groups is 1. The van der Waals surface area contributed by atoms with Gasteiger partial charge in [0, 0.05) is 39.4 Å². The van der Waals surface area contributed by atoms with E-state index >= 15 is 0 Å². The van der Waals surface area contributed by atoms with Crippen LogP contribution in [0.2, 0.25) is 0 Å². The molecule has 0 spiro atoms. The van der Waals surface area contributed by atoms with E-state index in [-0.39, 0.29) is 56.9 Å². The quantitative estimate of drug-likeness (QED) is 0.217. The Morgan fingerprint density at radius 1 is 1.07 bits per heavy atom. The van der Waals surface area contributed by atoms with Crippen molar-refractivity contribution < 1.29 is 33.8 Å². The van der Waals surface area contributed by atoms with Crippen LogP contribution < -0.4 is 16.0 Å². The minimum Gasteiger partial charge on any atom is -0.391 e. The number of thiazole rings is 1. The fraction of sp³-hybridized carbons (Fsp3) is 0.581. The number of carbonyl (C=O) groups excluding carboxylic acids is 4. The van der Waals surface area contributed by atoms with Crippen LogP contribution in [0.4, 0.5) is 0 Å². The van der Waals surface area contributed by atoms with Crippen molar-refractivity contribution in [2.24, 2.45) is 5.41 Å². The van der Waals surface area contributed by atoms with Crippen molar-refractivity contribution in [1.82, 2.24) is 25.8 Å². The average molecular weight is 632 g/mol. The van der Waals surface area contributed by atoms with Crippen LogP contribution in [0.5, 0.6) is 0 Å². The molecular formula is C31H45N5O7S. The summed E-state index contributed by atoms with van der Waals surface area (Å²) in [6.45, 7) is 10.7. The summed E-state index contributed by atoms with van der Waals surface area (Å²) in [5.74, 6) is -1.25. The number of aliphatic hydroxyl groups excluding tert-OH is 1. The fourth-order valence-corrected chi connectivity index (χ4v) is 5.61. The van der Waals surface area contributed by atoms with Gasteiger partial charge < -0.3 is 35.4 Å². The lowest BCUT2D eigenvalue weighted by Gasteiger charge is -2.35. The Bertz CT molecular complexity index is 1260. The number of carbonyl (C=O) groups is 4. The number of aromatic nitrogens is 1. The second kappa shape index (κ2) is 16.6. The molecule has 1 aliphatic rings. The first-order valence-electron chi connectivity index (χ1n) is 14.8. The van der Waals surface area contributed by atoms with E-state index in [4.69, 9.17) is 9.47 Å². The van der Waals surface area contributed by atoms with E-state index in [2.05, 4.69) is 20.9 Å². The molecule has 13 heteroatoms. The molecule has 242 valence electrons. The van der Waals surface area contributed by atoms with Gasteiger partial charge in [-0.25, -0.2) is 4.98 Å². The molecule has 4 amide bonds. The number of benzene rings is 1. The monoisotopic (exact) mass is 631 g/mol. The molecule has 1 aromatic carbocycles. The van der Waals surface area contributed by atoms with Gasteiger partial charge in [-0.1, -0.05) is 45.0 Å². The van der Waals surface area contributed by atoms with Crippen molar-refractivity contribution >= 4 is 35.0 Å². The van der Waals surface area contributed by atoms with Crippen molar-refractivity contribution in [3.05, 3.63) is 41.0 Å². The van der Waals surface area contributed by atoms with Gasteiger partial charge in [0.05, 0.1) is 48.6 Å². The number of ether oxygens (including phenoxy) is 2. The predicted octanol–water partition coefficient (Wildman–Crippen LogP) is 1.79. The molecule has 0 radical (unpaired) electrons. The Labute approximate surface area is 262 Å². The van der Waals surface area contributed by atoms with E-state index in [1.54, 1.807) is 11.3 Å². The summed E-state index contributed by atoms with van der Waals surface area (Å²) in [7, 11) is 0. The van der Waals surface area contributed by atoms with Crippen LogP contribution in [0.25, 0.3) is 10.4 Å². The first kappa shape index (κ1) is 35.1. The molecular weight excluding hydrogens is 586 g/mol. The molecule has 0 aliphatic carbocycles. The van der Waals surface area contributed by atoms with E-state index < -0.39 is 29.5 Å². The van der Waals surface area contributed by atoms with Gasteiger partial charge in [-0.3, -0.25) is 19.2 Å². The van der Waals surface area contributed by atoms with Gasteiger partial charge in [-0.2, -0.15) is 0 Å². The lowest BCUT2D eigenvalue weighted by Crippen LogP contribution is -2.57. The smallest absolute Gasteiger partial charge is 0.246 e. The standard InChI is InChI=1S/C31H45N5O7S/c1-20-27(44-19-34-20)23-8-6-22(7-9-23)17-33-29(40)25-16-24(38)18-36(25)30(41)28(31(3,4)5)35-26(39)10-12-42-14-15-43-13-11-32-21(2)37/h6-9,19,24-25,28,38H,10-18H2,1-5H3,(H,32,37)(H,33,40)(H,35,39)/t24-,25+,28-/m1/s1. The molecule has 1 aliphatic heterocycles. The number of rotatable bonds is 15. The number of aryl methyl sites for hydroxylation is 1. The molecule has 1 saturated heterocycles. The summed E-state index contributed by atoms with van der Waals surface area (Å²) in [6, 6.07) is 6.10. The molecule has 0 unspecified atom stereocenters. The van der Waals surface area contributed by atoms with E-state index in [1.807, 2.05) is 57.5 Å². The van der Waals surface area contributed by atoms with Gasteiger partial charge >= 0.3 is 0 Å². The maximum Gasteiger partial charge on any atom is 0.246 e. The van der Waals surface area contributed by atoms with Crippen LogP contribution in [0.3, 0.4) is 0 Å². The third-order valence-corrected chi connectivity index (χ3v) is 8.15. The zero-order chi connectivity index (χ0) is 32.3. The molecule has 12 nitrogen and oxygen atoms in total. The van der Waals surface area contributed by atoms with Gasteiger partial charge in [-0.05, 0) is 23.5 Å². The summed E-state index contributed by atoms with van der Waals surface area (Å²) in [5.41, 5.74) is 4.09. The number of hydrogen-bond acceptors (Lipinski definition) is 9. The maximum atomic E-state index is 13.7. The molecule has 1 aromatic heterocycles. The number of hydrogen-bond donors (Lipinski definition) is 4. The zero-order valence-electron chi connectivity index (χ0n) is 26.2. The molecule has 4 N–H and O–H groups in total. The highest BCUT2D eigenvalue weighted by Gasteiger charge is 2.44. The number of nitrogens with one attached hydrogen (secondary N) is 3. The van der Waals surface area contributed by atoms with E-state index in [0.29, 0.717) is 19.8 Å². The Morgan fingerprint density at radius 2 is 1.75 bits per heavy atom. The van der Waals surface area contributed by atoms with Gasteiger partial charge in [0.2, 0.25) is 23.6 Å². The average Bonchev–Trinajstić information content (AvgIpc) is 3.58. The Morgan fingerprint density at radius 3 is 2.36 bits per heavy atom. The lowest BCUT2D eigenvalue weighted by molar-refractivity contribution is -0.144. The molecule has 0 bridgehead atoms. The van der Waals surface area contributed by atoms with Crippen LogP contribution in [0.1, 0.15) is 51.8 Å². The largest absolute Gasteiger partial charge is 0.391 e. The molecule has 3 rings (SSSR count). The summed E-state index contributed by atoms with van der Waals surface area (Å²) in [6.07, 6.45) is -0.686. The highest BCUT2D eigenvalue weighted by atomic mass is 32.1. The van der Waals surface area contributed by atoms with Crippen LogP contribution in [-0.2, 0) is 35.2 Å².